The number of aryl methyl sites for hydroxylation is 2. The number of nitrogens with one attached hydrogen (secondary N) is 1. The summed E-state index contributed by atoms with van der Waals surface area (Å²) in [7, 11) is -3.24. The molecule has 0 saturated carbocycles. The van der Waals surface area contributed by atoms with E-state index < -0.39 is 15.9 Å². The van der Waals surface area contributed by atoms with Crippen LogP contribution in [-0.2, 0) is 14.6 Å². The zero-order valence-corrected chi connectivity index (χ0v) is 18.0. The van der Waals surface area contributed by atoms with Gasteiger partial charge < -0.3 is 10.1 Å². The molecule has 1 amide bonds. The van der Waals surface area contributed by atoms with Gasteiger partial charge in [-0.2, -0.15) is 0 Å². The van der Waals surface area contributed by atoms with Gasteiger partial charge in [0.05, 0.1) is 10.9 Å². The lowest BCUT2D eigenvalue weighted by Gasteiger charge is -2.23. The Kier molecular flexibility index (Phi) is 7.24. The fourth-order valence-electron chi connectivity index (χ4n) is 3.04. The minimum absolute atomic E-state index is 0.179. The molecule has 2 rings (SSSR count). The quantitative estimate of drug-likeness (QED) is 0.719. The second-order valence-corrected chi connectivity index (χ2v) is 9.11. The molecule has 5 nitrogen and oxygen atoms in total. The van der Waals surface area contributed by atoms with Gasteiger partial charge in [-0.15, -0.1) is 0 Å². The van der Waals surface area contributed by atoms with Crippen LogP contribution >= 0.6 is 0 Å². The summed E-state index contributed by atoms with van der Waals surface area (Å²) in [6, 6.07) is 12.3. The first-order valence-corrected chi connectivity index (χ1v) is 11.4. The lowest BCUT2D eigenvalue weighted by Crippen LogP contribution is -2.40. The van der Waals surface area contributed by atoms with Gasteiger partial charge >= 0.3 is 0 Å². The van der Waals surface area contributed by atoms with Crippen molar-refractivity contribution in [2.75, 3.05) is 6.26 Å². The van der Waals surface area contributed by atoms with Crippen molar-refractivity contribution in [3.63, 3.8) is 0 Å². The van der Waals surface area contributed by atoms with Crippen molar-refractivity contribution >= 4 is 15.7 Å². The maximum absolute atomic E-state index is 12.8. The maximum Gasteiger partial charge on any atom is 0.261 e. The zero-order valence-electron chi connectivity index (χ0n) is 17.2. The molecule has 0 fully saturated rings. The van der Waals surface area contributed by atoms with Crippen molar-refractivity contribution in [1.29, 1.82) is 0 Å². The summed E-state index contributed by atoms with van der Waals surface area (Å²) in [5.74, 6) is 0.527. The third-order valence-corrected chi connectivity index (χ3v) is 5.83. The van der Waals surface area contributed by atoms with Crippen molar-refractivity contribution in [2.45, 2.75) is 57.6 Å². The molecule has 2 atom stereocenters. The summed E-state index contributed by atoms with van der Waals surface area (Å²) in [6.07, 6.45) is 1.81. The topological polar surface area (TPSA) is 72.5 Å². The zero-order chi connectivity index (χ0) is 20.9. The van der Waals surface area contributed by atoms with E-state index in [2.05, 4.69) is 5.32 Å². The van der Waals surface area contributed by atoms with Crippen LogP contribution in [0.4, 0.5) is 0 Å². The van der Waals surface area contributed by atoms with Crippen molar-refractivity contribution < 1.29 is 17.9 Å². The van der Waals surface area contributed by atoms with E-state index >= 15 is 0 Å². The number of sulfone groups is 1. The first-order chi connectivity index (χ1) is 13.2. The minimum Gasteiger partial charge on any atom is -0.480 e. The van der Waals surface area contributed by atoms with E-state index in [1.54, 1.807) is 24.3 Å². The van der Waals surface area contributed by atoms with Crippen molar-refractivity contribution in [2.24, 2.45) is 0 Å². The smallest absolute Gasteiger partial charge is 0.261 e. The predicted octanol–water partition coefficient (Wildman–Crippen LogP) is 4.13. The van der Waals surface area contributed by atoms with Gasteiger partial charge in [-0.3, -0.25) is 4.79 Å². The van der Waals surface area contributed by atoms with Crippen LogP contribution in [-0.4, -0.2) is 26.7 Å². The molecule has 2 aromatic rings. The van der Waals surface area contributed by atoms with Crippen LogP contribution in [0.25, 0.3) is 0 Å². The van der Waals surface area contributed by atoms with E-state index in [4.69, 9.17) is 4.74 Å². The lowest BCUT2D eigenvalue weighted by atomic mass is 10.0. The Morgan fingerprint density at radius 1 is 1.04 bits per heavy atom. The summed E-state index contributed by atoms with van der Waals surface area (Å²) in [6.45, 7) is 7.86. The fraction of sp³-hybridized carbons (Fsp3) is 0.409. The first kappa shape index (κ1) is 22.0. The van der Waals surface area contributed by atoms with Gasteiger partial charge in [0, 0.05) is 6.26 Å². The van der Waals surface area contributed by atoms with Gasteiger partial charge in [-0.25, -0.2) is 8.42 Å². The number of carbonyl (C=O) groups excluding carboxylic acids is 1. The highest BCUT2D eigenvalue weighted by Crippen LogP contribution is 2.23. The van der Waals surface area contributed by atoms with Gasteiger partial charge in [0.15, 0.2) is 15.9 Å². The maximum atomic E-state index is 12.8. The highest BCUT2D eigenvalue weighted by molar-refractivity contribution is 7.90. The lowest BCUT2D eigenvalue weighted by molar-refractivity contribution is -0.129. The Hall–Kier alpha value is -2.34. The van der Waals surface area contributed by atoms with E-state index in [9.17, 15) is 13.2 Å². The molecule has 1 N–H and O–H groups in total. The van der Waals surface area contributed by atoms with E-state index in [1.165, 1.54) is 6.26 Å². The SMILES string of the molecule is CCC(Oc1ccc(C)cc1C)C(=O)NC(CC)c1ccc(S(C)(=O)=O)cc1. The minimum atomic E-state index is -3.24. The van der Waals surface area contributed by atoms with E-state index in [0.717, 1.165) is 16.7 Å². The molecular formula is C22H29NO4S. The highest BCUT2D eigenvalue weighted by Gasteiger charge is 2.22. The monoisotopic (exact) mass is 403 g/mol. The molecule has 0 bridgehead atoms. The predicted molar refractivity (Wildman–Crippen MR) is 111 cm³/mol. The van der Waals surface area contributed by atoms with Crippen molar-refractivity contribution in [3.8, 4) is 5.75 Å². The largest absolute Gasteiger partial charge is 0.480 e. The molecule has 6 heteroatoms. The highest BCUT2D eigenvalue weighted by atomic mass is 32.2. The number of hydrogen-bond donors (Lipinski definition) is 1. The van der Waals surface area contributed by atoms with Gasteiger partial charge in [-0.05, 0) is 56.0 Å². The van der Waals surface area contributed by atoms with Crippen LogP contribution in [0.5, 0.6) is 5.75 Å². The number of hydrogen-bond acceptors (Lipinski definition) is 4. The molecule has 2 unspecified atom stereocenters. The van der Waals surface area contributed by atoms with Crippen LogP contribution in [0.15, 0.2) is 47.4 Å². The number of amides is 1. The summed E-state index contributed by atoms with van der Waals surface area (Å²) in [4.78, 5) is 13.1. The molecule has 0 aliphatic rings. The normalized spacial score (nSPS) is 13.6. The first-order valence-electron chi connectivity index (χ1n) is 9.50. The van der Waals surface area contributed by atoms with Crippen molar-refractivity contribution in [1.82, 2.24) is 5.32 Å². The average Bonchev–Trinajstić information content (AvgIpc) is 2.64. The van der Waals surface area contributed by atoms with Crippen LogP contribution < -0.4 is 10.1 Å². The number of benzene rings is 2. The standard InChI is InChI=1S/C22H29NO4S/c1-6-19(17-9-11-18(12-10-17)28(5,25)26)23-22(24)20(7-2)27-21-13-8-15(3)14-16(21)4/h8-14,19-20H,6-7H2,1-5H3,(H,23,24). The molecule has 0 radical (unpaired) electrons. The molecule has 0 aromatic heterocycles. The Bertz CT molecular complexity index is 920. The summed E-state index contributed by atoms with van der Waals surface area (Å²) >= 11 is 0. The molecule has 0 aliphatic carbocycles. The van der Waals surface area contributed by atoms with Crippen molar-refractivity contribution in [3.05, 3.63) is 59.2 Å². The van der Waals surface area contributed by atoms with E-state index in [-0.39, 0.29) is 16.8 Å². The summed E-state index contributed by atoms with van der Waals surface area (Å²) in [5.41, 5.74) is 3.00. The van der Waals surface area contributed by atoms with Gasteiger partial charge in [0.1, 0.15) is 5.75 Å². The van der Waals surface area contributed by atoms with Crippen LogP contribution in [0.2, 0.25) is 0 Å². The second-order valence-electron chi connectivity index (χ2n) is 7.09. The number of carbonyl (C=O) groups is 1. The third-order valence-electron chi connectivity index (χ3n) is 4.70. The van der Waals surface area contributed by atoms with Gasteiger partial charge in [0.2, 0.25) is 0 Å². The molecule has 0 spiro atoms. The fourth-order valence-corrected chi connectivity index (χ4v) is 3.67. The average molecular weight is 404 g/mol. The molecule has 152 valence electrons. The van der Waals surface area contributed by atoms with E-state index in [1.807, 2.05) is 45.9 Å². The Labute approximate surface area is 168 Å². The number of rotatable bonds is 8. The Morgan fingerprint density at radius 3 is 2.18 bits per heavy atom. The van der Waals surface area contributed by atoms with Crippen LogP contribution in [0.1, 0.15) is 49.4 Å². The van der Waals surface area contributed by atoms with Crippen LogP contribution in [0.3, 0.4) is 0 Å². The molecular weight excluding hydrogens is 374 g/mol. The third kappa shape index (κ3) is 5.58. The molecule has 28 heavy (non-hydrogen) atoms. The van der Waals surface area contributed by atoms with Gasteiger partial charge in [-0.1, -0.05) is 43.7 Å². The number of ether oxygens (including phenoxy) is 1. The van der Waals surface area contributed by atoms with Gasteiger partial charge in [0.25, 0.3) is 5.91 Å². The summed E-state index contributed by atoms with van der Waals surface area (Å²) < 4.78 is 29.2. The molecule has 0 saturated heterocycles. The summed E-state index contributed by atoms with van der Waals surface area (Å²) in [5, 5.41) is 3.03. The Morgan fingerprint density at radius 2 is 1.68 bits per heavy atom. The molecule has 0 aliphatic heterocycles. The van der Waals surface area contributed by atoms with Crippen LogP contribution in [0, 0.1) is 13.8 Å². The molecule has 0 heterocycles. The van der Waals surface area contributed by atoms with E-state index in [0.29, 0.717) is 18.6 Å². The second kappa shape index (κ2) is 9.24. The Balaban J connectivity index is 2.12. The molecule has 2 aromatic carbocycles.